The molecule has 152 valence electrons. The van der Waals surface area contributed by atoms with Gasteiger partial charge in [0.15, 0.2) is 0 Å². The van der Waals surface area contributed by atoms with Crippen molar-refractivity contribution in [2.24, 2.45) is 5.10 Å². The van der Waals surface area contributed by atoms with Gasteiger partial charge < -0.3 is 4.74 Å². The highest BCUT2D eigenvalue weighted by molar-refractivity contribution is 6.30. The highest BCUT2D eigenvalue weighted by Gasteiger charge is 2.22. The normalized spacial score (nSPS) is 13.4. The van der Waals surface area contributed by atoms with Crippen LogP contribution in [0, 0.1) is 0 Å². The van der Waals surface area contributed by atoms with Gasteiger partial charge in [0.1, 0.15) is 11.8 Å². The summed E-state index contributed by atoms with van der Waals surface area (Å²) in [5, 5.41) is 7.05. The fraction of sp³-hybridized carbons (Fsp3) is 0.217. The minimum atomic E-state index is -0.459. The molecule has 1 aromatic heterocycles. The minimum absolute atomic E-state index is 0.00977. The maximum absolute atomic E-state index is 12.4. The van der Waals surface area contributed by atoms with E-state index in [2.05, 4.69) is 10.1 Å². The summed E-state index contributed by atoms with van der Waals surface area (Å²) in [6.07, 6.45) is 0.742. The van der Waals surface area contributed by atoms with Crippen LogP contribution < -0.4 is 0 Å². The van der Waals surface area contributed by atoms with Crippen LogP contribution in [-0.2, 0) is 20.9 Å². The van der Waals surface area contributed by atoms with E-state index in [9.17, 15) is 9.59 Å². The number of amides is 1. The molecule has 0 saturated heterocycles. The number of nitrogens with zero attached hydrogens (tertiary/aromatic N) is 3. The number of carbonyl (C=O) groups excluding carboxylic acids is 2. The van der Waals surface area contributed by atoms with E-state index in [0.29, 0.717) is 23.7 Å². The quantitative estimate of drug-likeness (QED) is 0.438. The maximum atomic E-state index is 12.4. The fourth-order valence-electron chi connectivity index (χ4n) is 3.28. The standard InChI is InChI=1S/C23H20ClN3O3/c24-23-18(14-17-8-4-5-9-19(17)25-23)15-30-22(29)11-10-21(28)27-13-12-20(26-27)16-6-2-1-3-7-16/h1-9,14H,10-13,15H2. The Balaban J connectivity index is 1.28. The van der Waals surface area contributed by atoms with E-state index in [0.717, 1.165) is 22.2 Å². The van der Waals surface area contributed by atoms with Crippen LogP contribution in [0.1, 0.15) is 30.4 Å². The first kappa shape index (κ1) is 20.0. The van der Waals surface area contributed by atoms with Crippen molar-refractivity contribution in [1.82, 2.24) is 9.99 Å². The number of fused-ring (bicyclic) bond motifs is 1. The van der Waals surface area contributed by atoms with Crippen molar-refractivity contribution in [3.63, 3.8) is 0 Å². The maximum Gasteiger partial charge on any atom is 0.306 e. The number of esters is 1. The summed E-state index contributed by atoms with van der Waals surface area (Å²) in [5.41, 5.74) is 3.30. The summed E-state index contributed by atoms with van der Waals surface area (Å²) in [6, 6.07) is 19.2. The van der Waals surface area contributed by atoms with Crippen molar-refractivity contribution in [2.45, 2.75) is 25.9 Å². The van der Waals surface area contributed by atoms with Gasteiger partial charge in [-0.15, -0.1) is 0 Å². The molecular weight excluding hydrogens is 402 g/mol. The predicted octanol–water partition coefficient (Wildman–Crippen LogP) is 4.35. The van der Waals surface area contributed by atoms with Crippen molar-refractivity contribution in [2.75, 3.05) is 6.54 Å². The lowest BCUT2D eigenvalue weighted by molar-refractivity contribution is -0.147. The van der Waals surface area contributed by atoms with E-state index < -0.39 is 5.97 Å². The van der Waals surface area contributed by atoms with Crippen LogP contribution >= 0.6 is 11.6 Å². The number of pyridine rings is 1. The third-order valence-corrected chi connectivity index (χ3v) is 5.21. The van der Waals surface area contributed by atoms with E-state index in [-0.39, 0.29) is 25.4 Å². The molecule has 0 saturated carbocycles. The number of aromatic nitrogens is 1. The van der Waals surface area contributed by atoms with Crippen LogP contribution in [0.4, 0.5) is 0 Å². The number of rotatable bonds is 6. The van der Waals surface area contributed by atoms with Crippen molar-refractivity contribution in [1.29, 1.82) is 0 Å². The number of hydrogen-bond donors (Lipinski definition) is 0. The van der Waals surface area contributed by atoms with Crippen LogP contribution in [0.5, 0.6) is 0 Å². The second kappa shape index (κ2) is 9.05. The lowest BCUT2D eigenvalue weighted by atomic mass is 10.1. The summed E-state index contributed by atoms with van der Waals surface area (Å²) in [4.78, 5) is 28.8. The first-order valence-corrected chi connectivity index (χ1v) is 10.1. The molecule has 1 amide bonds. The molecule has 0 fully saturated rings. The lowest BCUT2D eigenvalue weighted by Gasteiger charge is -2.11. The second-order valence-electron chi connectivity index (χ2n) is 6.97. The smallest absolute Gasteiger partial charge is 0.306 e. The highest BCUT2D eigenvalue weighted by atomic mass is 35.5. The average molecular weight is 422 g/mol. The molecule has 1 aliphatic heterocycles. The zero-order valence-corrected chi connectivity index (χ0v) is 17.0. The van der Waals surface area contributed by atoms with Gasteiger partial charge >= 0.3 is 5.97 Å². The average Bonchev–Trinajstić information content (AvgIpc) is 3.27. The molecule has 0 radical (unpaired) electrons. The van der Waals surface area contributed by atoms with Gasteiger partial charge in [0.25, 0.3) is 0 Å². The van der Waals surface area contributed by atoms with Crippen LogP contribution in [-0.4, -0.2) is 34.1 Å². The Labute approximate surface area is 179 Å². The van der Waals surface area contributed by atoms with Crippen LogP contribution in [0.3, 0.4) is 0 Å². The molecule has 6 nitrogen and oxygen atoms in total. The Morgan fingerprint density at radius 3 is 2.63 bits per heavy atom. The first-order valence-electron chi connectivity index (χ1n) is 9.73. The third kappa shape index (κ3) is 4.66. The van der Waals surface area contributed by atoms with Gasteiger partial charge in [-0.05, 0) is 17.7 Å². The van der Waals surface area contributed by atoms with Crippen LogP contribution in [0.15, 0.2) is 65.8 Å². The molecule has 0 unspecified atom stereocenters. The predicted molar refractivity (Wildman–Crippen MR) is 115 cm³/mol. The van der Waals surface area contributed by atoms with Gasteiger partial charge in [-0.25, -0.2) is 9.99 Å². The molecule has 0 spiro atoms. The summed E-state index contributed by atoms with van der Waals surface area (Å²) in [6.45, 7) is 0.542. The Kier molecular flexibility index (Phi) is 6.05. The van der Waals surface area contributed by atoms with Crippen LogP contribution in [0.2, 0.25) is 5.15 Å². The van der Waals surface area contributed by atoms with Gasteiger partial charge in [0.05, 0.1) is 24.2 Å². The minimum Gasteiger partial charge on any atom is -0.461 e. The van der Waals surface area contributed by atoms with Gasteiger partial charge in [-0.2, -0.15) is 5.10 Å². The summed E-state index contributed by atoms with van der Waals surface area (Å²) < 4.78 is 5.29. The molecule has 3 aromatic rings. The van der Waals surface area contributed by atoms with Gasteiger partial charge in [-0.3, -0.25) is 9.59 Å². The van der Waals surface area contributed by atoms with Gasteiger partial charge in [-0.1, -0.05) is 60.1 Å². The molecule has 30 heavy (non-hydrogen) atoms. The molecule has 4 rings (SSSR count). The summed E-state index contributed by atoms with van der Waals surface area (Å²) >= 11 is 6.19. The topological polar surface area (TPSA) is 71.9 Å². The van der Waals surface area contributed by atoms with Gasteiger partial charge in [0, 0.05) is 23.8 Å². The lowest BCUT2D eigenvalue weighted by Crippen LogP contribution is -2.24. The number of ether oxygens (including phenoxy) is 1. The number of hydrogen-bond acceptors (Lipinski definition) is 5. The Hall–Kier alpha value is -3.25. The van der Waals surface area contributed by atoms with Crippen molar-refractivity contribution >= 4 is 40.1 Å². The highest BCUT2D eigenvalue weighted by Crippen LogP contribution is 2.21. The fourth-order valence-corrected chi connectivity index (χ4v) is 3.48. The number of carbonyl (C=O) groups is 2. The van der Waals surface area contributed by atoms with E-state index >= 15 is 0 Å². The van der Waals surface area contributed by atoms with Crippen molar-refractivity contribution in [3.8, 4) is 0 Å². The summed E-state index contributed by atoms with van der Waals surface area (Å²) in [5.74, 6) is -0.651. The molecule has 7 heteroatoms. The SMILES string of the molecule is O=C(CCC(=O)N1CCC(c2ccccc2)=N1)OCc1cc2ccccc2nc1Cl. The van der Waals surface area contributed by atoms with Crippen LogP contribution in [0.25, 0.3) is 10.9 Å². The van der Waals surface area contributed by atoms with Gasteiger partial charge in [0.2, 0.25) is 5.91 Å². The first-order chi connectivity index (χ1) is 14.6. The molecule has 1 aliphatic rings. The Morgan fingerprint density at radius 2 is 1.80 bits per heavy atom. The van der Waals surface area contributed by atoms with E-state index in [1.54, 1.807) is 0 Å². The van der Waals surface area contributed by atoms with E-state index in [1.807, 2.05) is 60.7 Å². The molecular formula is C23H20ClN3O3. The number of hydrazone groups is 1. The molecule has 0 atom stereocenters. The molecule has 0 aliphatic carbocycles. The molecule has 2 heterocycles. The number of para-hydroxylation sites is 1. The van der Waals surface area contributed by atoms with Crippen molar-refractivity contribution in [3.05, 3.63) is 76.9 Å². The molecule has 0 N–H and O–H groups in total. The Bertz CT molecular complexity index is 1120. The third-order valence-electron chi connectivity index (χ3n) is 4.88. The number of benzene rings is 2. The van der Waals surface area contributed by atoms with Crippen molar-refractivity contribution < 1.29 is 14.3 Å². The monoisotopic (exact) mass is 421 g/mol. The zero-order chi connectivity index (χ0) is 20.9. The molecule has 2 aromatic carbocycles. The second-order valence-corrected chi connectivity index (χ2v) is 7.33. The van der Waals surface area contributed by atoms with E-state index in [4.69, 9.17) is 16.3 Å². The largest absolute Gasteiger partial charge is 0.461 e. The Morgan fingerprint density at radius 1 is 1.03 bits per heavy atom. The summed E-state index contributed by atoms with van der Waals surface area (Å²) in [7, 11) is 0. The number of halogens is 1. The zero-order valence-electron chi connectivity index (χ0n) is 16.3. The van der Waals surface area contributed by atoms with E-state index in [1.165, 1.54) is 5.01 Å². The molecule has 0 bridgehead atoms.